The summed E-state index contributed by atoms with van der Waals surface area (Å²) in [6.07, 6.45) is 1.83. The van der Waals surface area contributed by atoms with Crippen LogP contribution in [-0.4, -0.2) is 30.5 Å². The Labute approximate surface area is 141 Å². The second-order valence-electron chi connectivity index (χ2n) is 6.87. The molecule has 1 saturated heterocycles. The van der Waals surface area contributed by atoms with Gasteiger partial charge in [-0.2, -0.15) is 0 Å². The topological polar surface area (TPSA) is 45.2 Å². The maximum atomic E-state index is 12.2. The molecule has 3 rings (SSSR count). The van der Waals surface area contributed by atoms with Crippen molar-refractivity contribution in [2.24, 2.45) is 11.8 Å². The van der Waals surface area contributed by atoms with Crippen LogP contribution >= 0.6 is 11.3 Å². The molecule has 23 heavy (non-hydrogen) atoms. The molecule has 124 valence electrons. The first-order valence-electron chi connectivity index (χ1n) is 8.43. The Balaban J connectivity index is 1.60. The molecule has 0 bridgehead atoms. The zero-order valence-electron chi connectivity index (χ0n) is 14.1. The molecule has 2 heterocycles. The number of aromatic nitrogens is 1. The molecule has 1 fully saturated rings. The van der Waals surface area contributed by atoms with Gasteiger partial charge in [0.15, 0.2) is 5.13 Å². The molecule has 4 nitrogen and oxygen atoms in total. The smallest absolute Gasteiger partial charge is 0.223 e. The standard InChI is InChI=1S/C18H25N3OS/c1-12(2)11-19-17(22)14-6-8-21(9-7-14)18-20-15-5-4-13(3)10-16(15)23-18/h4-5,10,12,14H,6-9,11H2,1-3H3,(H,19,22). The van der Waals surface area contributed by atoms with Gasteiger partial charge in [0.05, 0.1) is 10.2 Å². The third kappa shape index (κ3) is 3.83. The number of benzene rings is 1. The first-order valence-corrected chi connectivity index (χ1v) is 9.24. The highest BCUT2D eigenvalue weighted by Crippen LogP contribution is 2.32. The predicted molar refractivity (Wildman–Crippen MR) is 97.1 cm³/mol. The Bertz CT molecular complexity index is 687. The number of amides is 1. The second kappa shape index (κ2) is 6.87. The van der Waals surface area contributed by atoms with Crippen LogP contribution in [-0.2, 0) is 4.79 Å². The molecule has 0 saturated carbocycles. The molecular weight excluding hydrogens is 306 g/mol. The number of thiazole rings is 1. The number of aryl methyl sites for hydroxylation is 1. The van der Waals surface area contributed by atoms with E-state index in [0.29, 0.717) is 5.92 Å². The molecule has 2 aromatic rings. The fourth-order valence-corrected chi connectivity index (χ4v) is 4.05. The van der Waals surface area contributed by atoms with Crippen molar-refractivity contribution in [3.8, 4) is 0 Å². The van der Waals surface area contributed by atoms with Gasteiger partial charge in [0, 0.05) is 25.6 Å². The second-order valence-corrected chi connectivity index (χ2v) is 7.88. The quantitative estimate of drug-likeness (QED) is 0.931. The zero-order chi connectivity index (χ0) is 16.4. The Morgan fingerprint density at radius 2 is 2.13 bits per heavy atom. The van der Waals surface area contributed by atoms with E-state index in [1.165, 1.54) is 10.3 Å². The van der Waals surface area contributed by atoms with Gasteiger partial charge >= 0.3 is 0 Å². The maximum absolute atomic E-state index is 12.2. The lowest BCUT2D eigenvalue weighted by Gasteiger charge is -2.31. The number of nitrogens with one attached hydrogen (secondary N) is 1. The van der Waals surface area contributed by atoms with Gasteiger partial charge in [-0.25, -0.2) is 4.98 Å². The number of hydrogen-bond donors (Lipinski definition) is 1. The third-order valence-corrected chi connectivity index (χ3v) is 5.43. The fourth-order valence-electron chi connectivity index (χ4n) is 2.94. The zero-order valence-corrected chi connectivity index (χ0v) is 14.9. The van der Waals surface area contributed by atoms with E-state index in [9.17, 15) is 4.79 Å². The molecule has 1 aromatic carbocycles. The largest absolute Gasteiger partial charge is 0.356 e. The van der Waals surface area contributed by atoms with Crippen molar-refractivity contribution in [3.63, 3.8) is 0 Å². The van der Waals surface area contributed by atoms with Gasteiger partial charge < -0.3 is 10.2 Å². The van der Waals surface area contributed by atoms with E-state index in [2.05, 4.69) is 49.2 Å². The average Bonchev–Trinajstić information content (AvgIpc) is 2.95. The van der Waals surface area contributed by atoms with Crippen molar-refractivity contribution in [2.75, 3.05) is 24.5 Å². The summed E-state index contributed by atoms with van der Waals surface area (Å²) < 4.78 is 1.25. The molecule has 1 aliphatic rings. The van der Waals surface area contributed by atoms with Gasteiger partial charge in [-0.05, 0) is 43.4 Å². The Morgan fingerprint density at radius 1 is 1.39 bits per heavy atom. The van der Waals surface area contributed by atoms with Crippen molar-refractivity contribution in [1.29, 1.82) is 0 Å². The summed E-state index contributed by atoms with van der Waals surface area (Å²) in [6.45, 7) is 8.96. The van der Waals surface area contributed by atoms with Crippen LogP contribution in [0.1, 0.15) is 32.3 Å². The first-order chi connectivity index (χ1) is 11.0. The van der Waals surface area contributed by atoms with Gasteiger partial charge in [0.1, 0.15) is 0 Å². The summed E-state index contributed by atoms with van der Waals surface area (Å²) in [7, 11) is 0. The van der Waals surface area contributed by atoms with Gasteiger partial charge in [-0.3, -0.25) is 4.79 Å². The lowest BCUT2D eigenvalue weighted by Crippen LogP contribution is -2.41. The minimum atomic E-state index is 0.154. The van der Waals surface area contributed by atoms with Crippen LogP contribution < -0.4 is 10.2 Å². The number of carbonyl (C=O) groups excluding carboxylic acids is 1. The van der Waals surface area contributed by atoms with Gasteiger partial charge in [-0.1, -0.05) is 31.3 Å². The third-order valence-electron chi connectivity index (χ3n) is 4.35. The van der Waals surface area contributed by atoms with Gasteiger partial charge in [0.2, 0.25) is 5.91 Å². The normalized spacial score (nSPS) is 16.3. The molecule has 5 heteroatoms. The summed E-state index contributed by atoms with van der Waals surface area (Å²) >= 11 is 1.76. The molecule has 1 amide bonds. The van der Waals surface area contributed by atoms with E-state index < -0.39 is 0 Å². The number of anilines is 1. The number of carbonyl (C=O) groups is 1. The summed E-state index contributed by atoms with van der Waals surface area (Å²) in [5.41, 5.74) is 2.35. The fraction of sp³-hybridized carbons (Fsp3) is 0.556. The van der Waals surface area contributed by atoms with E-state index in [4.69, 9.17) is 4.98 Å². The number of fused-ring (bicyclic) bond motifs is 1. The van der Waals surface area contributed by atoms with E-state index in [-0.39, 0.29) is 11.8 Å². The van der Waals surface area contributed by atoms with E-state index in [1.807, 2.05) is 0 Å². The number of nitrogens with zero attached hydrogens (tertiary/aromatic N) is 2. The average molecular weight is 331 g/mol. The highest BCUT2D eigenvalue weighted by molar-refractivity contribution is 7.22. The van der Waals surface area contributed by atoms with Crippen LogP contribution in [0.5, 0.6) is 0 Å². The van der Waals surface area contributed by atoms with Crippen LogP contribution in [0, 0.1) is 18.8 Å². The van der Waals surface area contributed by atoms with Gasteiger partial charge in [-0.15, -0.1) is 0 Å². The molecule has 1 aliphatic heterocycles. The lowest BCUT2D eigenvalue weighted by molar-refractivity contribution is -0.125. The number of hydrogen-bond acceptors (Lipinski definition) is 4. The monoisotopic (exact) mass is 331 g/mol. The minimum absolute atomic E-state index is 0.154. The van der Waals surface area contributed by atoms with Crippen LogP contribution in [0.3, 0.4) is 0 Å². The molecule has 0 atom stereocenters. The van der Waals surface area contributed by atoms with Crippen LogP contribution in [0.15, 0.2) is 18.2 Å². The van der Waals surface area contributed by atoms with E-state index in [0.717, 1.165) is 43.1 Å². The summed E-state index contributed by atoms with van der Waals surface area (Å²) in [6, 6.07) is 6.40. The Kier molecular flexibility index (Phi) is 4.85. The van der Waals surface area contributed by atoms with Gasteiger partial charge in [0.25, 0.3) is 0 Å². The Morgan fingerprint density at radius 3 is 2.83 bits per heavy atom. The van der Waals surface area contributed by atoms with Crippen LogP contribution in [0.25, 0.3) is 10.2 Å². The molecule has 0 unspecified atom stereocenters. The number of rotatable bonds is 4. The SMILES string of the molecule is Cc1ccc2nc(N3CCC(C(=O)NCC(C)C)CC3)sc2c1. The highest BCUT2D eigenvalue weighted by Gasteiger charge is 2.26. The molecule has 0 radical (unpaired) electrons. The molecular formula is C18H25N3OS. The minimum Gasteiger partial charge on any atom is -0.356 e. The van der Waals surface area contributed by atoms with Crippen LogP contribution in [0.2, 0.25) is 0 Å². The summed E-state index contributed by atoms with van der Waals surface area (Å²) in [5.74, 6) is 0.880. The molecule has 1 N–H and O–H groups in total. The van der Waals surface area contributed by atoms with E-state index >= 15 is 0 Å². The van der Waals surface area contributed by atoms with Crippen molar-refractivity contribution in [3.05, 3.63) is 23.8 Å². The van der Waals surface area contributed by atoms with E-state index in [1.54, 1.807) is 11.3 Å². The van der Waals surface area contributed by atoms with Crippen molar-refractivity contribution in [1.82, 2.24) is 10.3 Å². The van der Waals surface area contributed by atoms with Crippen molar-refractivity contribution in [2.45, 2.75) is 33.6 Å². The maximum Gasteiger partial charge on any atom is 0.223 e. The molecule has 0 spiro atoms. The summed E-state index contributed by atoms with van der Waals surface area (Å²) in [4.78, 5) is 19.3. The molecule has 1 aromatic heterocycles. The lowest BCUT2D eigenvalue weighted by atomic mass is 9.96. The van der Waals surface area contributed by atoms with Crippen molar-refractivity contribution >= 4 is 32.6 Å². The molecule has 0 aliphatic carbocycles. The van der Waals surface area contributed by atoms with Crippen LogP contribution in [0.4, 0.5) is 5.13 Å². The first kappa shape index (κ1) is 16.2. The number of piperidine rings is 1. The summed E-state index contributed by atoms with van der Waals surface area (Å²) in [5, 5.41) is 4.15. The van der Waals surface area contributed by atoms with Crippen molar-refractivity contribution < 1.29 is 4.79 Å². The predicted octanol–water partition coefficient (Wildman–Crippen LogP) is 3.59. The Hall–Kier alpha value is -1.62. The highest BCUT2D eigenvalue weighted by atomic mass is 32.1.